The van der Waals surface area contributed by atoms with Crippen LogP contribution in [0.2, 0.25) is 0 Å². The number of amidine groups is 2. The van der Waals surface area contributed by atoms with Crippen LogP contribution < -0.4 is 14.8 Å². The highest BCUT2D eigenvalue weighted by atomic mass is 16.6. The molecule has 66 heavy (non-hydrogen) atoms. The highest BCUT2D eigenvalue weighted by molar-refractivity contribution is 6.13. The Kier molecular flexibility index (Phi) is 8.47. The van der Waals surface area contributed by atoms with Gasteiger partial charge in [-0.15, -0.1) is 0 Å². The Balaban J connectivity index is 0.855. The van der Waals surface area contributed by atoms with Crippen LogP contribution in [-0.4, -0.2) is 11.7 Å². The third kappa shape index (κ3) is 5.79. The topological polar surface area (TPSA) is 55.2 Å². The lowest BCUT2D eigenvalue weighted by Crippen LogP contribution is -2.33. The van der Waals surface area contributed by atoms with Gasteiger partial charge >= 0.3 is 0 Å². The molecule has 2 aliphatic carbocycles. The Hall–Kier alpha value is -8.28. The molecule has 0 saturated heterocycles. The van der Waals surface area contributed by atoms with Crippen LogP contribution in [0.4, 0.5) is 0 Å². The molecule has 4 aliphatic rings. The highest BCUT2D eigenvalue weighted by Gasteiger charge is 2.47. The maximum atomic E-state index is 6.89. The third-order valence-electron chi connectivity index (χ3n) is 14.1. The van der Waals surface area contributed by atoms with E-state index in [1.54, 1.807) is 0 Å². The predicted octanol–water partition coefficient (Wildman–Crippen LogP) is 14.4. The van der Waals surface area contributed by atoms with Crippen molar-refractivity contribution in [3.05, 3.63) is 262 Å². The number of hydrogen-bond acceptors (Lipinski definition) is 5. The number of ether oxygens (including phenoxy) is 2. The minimum atomic E-state index is -0.543. The van der Waals surface area contributed by atoms with Gasteiger partial charge in [-0.25, -0.2) is 9.98 Å². The average molecular weight is 850 g/mol. The predicted molar refractivity (Wildman–Crippen MR) is 265 cm³/mol. The van der Waals surface area contributed by atoms with Crippen molar-refractivity contribution < 1.29 is 9.47 Å². The Morgan fingerprint density at radius 3 is 1.74 bits per heavy atom. The van der Waals surface area contributed by atoms with Crippen molar-refractivity contribution in [1.82, 2.24) is 5.32 Å². The van der Waals surface area contributed by atoms with E-state index < -0.39 is 5.41 Å². The van der Waals surface area contributed by atoms with Gasteiger partial charge in [0.05, 0.1) is 5.41 Å². The van der Waals surface area contributed by atoms with Gasteiger partial charge in [0, 0.05) is 16.5 Å². The standard InChI is InChI=1S/C61H43N3O2/c1-60(2)49-27-14-12-25-45(49)47-31-29-42(34-51(47)60)59-63-57(38-17-6-3-7-18-38)62-58(64-59)41-20-16-19-39(33-41)40-30-32-53-54(35-40)66-56-37-52-48(36-55(56)65-53)46-26-13-15-28-50(46)61(52,43-21-8-4-9-22-43)44-23-10-5-11-24-44/h3-37,58H,1-2H3,(H,62,63,64). The first-order valence-electron chi connectivity index (χ1n) is 22.7. The molecule has 13 rings (SSSR count). The summed E-state index contributed by atoms with van der Waals surface area (Å²) in [6.07, 6.45) is -0.379. The number of nitrogens with zero attached hydrogens (tertiary/aromatic N) is 2. The number of hydrogen-bond donors (Lipinski definition) is 1. The minimum Gasteiger partial charge on any atom is -0.449 e. The first kappa shape index (κ1) is 38.2. The lowest BCUT2D eigenvalue weighted by Gasteiger charge is -2.34. The zero-order valence-corrected chi connectivity index (χ0v) is 36.5. The fraction of sp³-hybridized carbons (Fsp3) is 0.0820. The summed E-state index contributed by atoms with van der Waals surface area (Å²) >= 11 is 0. The van der Waals surface area contributed by atoms with Crippen LogP contribution in [-0.2, 0) is 10.8 Å². The van der Waals surface area contributed by atoms with E-state index in [9.17, 15) is 0 Å². The number of benzene rings is 9. The highest BCUT2D eigenvalue weighted by Crippen LogP contribution is 2.60. The van der Waals surface area contributed by atoms with Crippen molar-refractivity contribution in [2.75, 3.05) is 0 Å². The normalized spacial score (nSPS) is 16.4. The molecule has 1 unspecified atom stereocenters. The molecular weight excluding hydrogens is 807 g/mol. The summed E-state index contributed by atoms with van der Waals surface area (Å²) in [5.41, 5.74) is 16.8. The van der Waals surface area contributed by atoms with E-state index in [2.05, 4.69) is 207 Å². The van der Waals surface area contributed by atoms with Crippen LogP contribution in [0, 0.1) is 0 Å². The molecule has 314 valence electrons. The second-order valence-electron chi connectivity index (χ2n) is 18.1. The molecule has 0 spiro atoms. The van der Waals surface area contributed by atoms with E-state index in [0.717, 1.165) is 39.2 Å². The van der Waals surface area contributed by atoms with Crippen LogP contribution in [0.5, 0.6) is 23.0 Å². The van der Waals surface area contributed by atoms with E-state index in [0.29, 0.717) is 28.8 Å². The second kappa shape index (κ2) is 14.6. The zero-order chi connectivity index (χ0) is 44.0. The summed E-state index contributed by atoms with van der Waals surface area (Å²) in [6, 6.07) is 75.3. The van der Waals surface area contributed by atoms with Gasteiger partial charge in [-0.1, -0.05) is 190 Å². The Bertz CT molecular complexity index is 3440. The number of rotatable bonds is 6. The molecule has 0 bridgehead atoms. The fourth-order valence-electron chi connectivity index (χ4n) is 10.9. The molecule has 0 fully saturated rings. The van der Waals surface area contributed by atoms with Crippen molar-refractivity contribution in [3.63, 3.8) is 0 Å². The summed E-state index contributed by atoms with van der Waals surface area (Å²) in [7, 11) is 0. The van der Waals surface area contributed by atoms with Crippen LogP contribution in [0.3, 0.4) is 0 Å². The van der Waals surface area contributed by atoms with Gasteiger partial charge in [-0.2, -0.15) is 0 Å². The molecular formula is C61H43N3O2. The molecule has 0 amide bonds. The van der Waals surface area contributed by atoms with E-state index in [4.69, 9.17) is 19.5 Å². The molecule has 0 aromatic heterocycles. The van der Waals surface area contributed by atoms with E-state index in [-0.39, 0.29) is 11.6 Å². The molecule has 2 aliphatic heterocycles. The number of aliphatic imine (C=N–C) groups is 2. The second-order valence-corrected chi connectivity index (χ2v) is 18.1. The monoisotopic (exact) mass is 849 g/mol. The number of nitrogens with one attached hydrogen (secondary N) is 1. The van der Waals surface area contributed by atoms with Crippen LogP contribution >= 0.6 is 0 Å². The summed E-state index contributed by atoms with van der Waals surface area (Å²) in [6.45, 7) is 4.62. The Labute approximate surface area is 384 Å². The maximum Gasteiger partial charge on any atom is 0.170 e. The molecule has 5 nitrogen and oxygen atoms in total. The molecule has 0 saturated carbocycles. The van der Waals surface area contributed by atoms with Gasteiger partial charge in [-0.05, 0) is 109 Å². The Morgan fingerprint density at radius 1 is 0.409 bits per heavy atom. The molecule has 1 atom stereocenters. The van der Waals surface area contributed by atoms with Crippen LogP contribution in [0.25, 0.3) is 33.4 Å². The molecule has 9 aromatic carbocycles. The molecule has 0 radical (unpaired) electrons. The fourth-order valence-corrected chi connectivity index (χ4v) is 10.9. The Morgan fingerprint density at radius 2 is 0.985 bits per heavy atom. The first-order chi connectivity index (χ1) is 32.4. The van der Waals surface area contributed by atoms with Gasteiger partial charge < -0.3 is 14.8 Å². The van der Waals surface area contributed by atoms with Crippen molar-refractivity contribution >= 4 is 11.7 Å². The van der Waals surface area contributed by atoms with Crippen molar-refractivity contribution in [3.8, 4) is 56.4 Å². The summed E-state index contributed by atoms with van der Waals surface area (Å²) < 4.78 is 13.6. The summed E-state index contributed by atoms with van der Waals surface area (Å²) in [5.74, 6) is 4.23. The molecule has 2 heterocycles. The lowest BCUT2D eigenvalue weighted by atomic mass is 9.67. The van der Waals surface area contributed by atoms with Crippen molar-refractivity contribution in [2.45, 2.75) is 30.8 Å². The minimum absolute atomic E-state index is 0.131. The van der Waals surface area contributed by atoms with Crippen LogP contribution in [0.1, 0.15) is 70.1 Å². The third-order valence-corrected chi connectivity index (χ3v) is 14.1. The van der Waals surface area contributed by atoms with Gasteiger partial charge in [0.1, 0.15) is 12.0 Å². The van der Waals surface area contributed by atoms with E-state index >= 15 is 0 Å². The molecule has 5 heteroatoms. The molecule has 1 N–H and O–H groups in total. The first-order valence-corrected chi connectivity index (χ1v) is 22.7. The SMILES string of the molecule is CC1(C)c2ccccc2-c2ccc(C3=NC(c4ccccc4)=NC(c4cccc(-c5ccc6c(c5)Oc5cc7c(cc5O6)-c5ccccc5C7(c5ccccc5)c5ccccc5)c4)N3)cc21. The van der Waals surface area contributed by atoms with Gasteiger partial charge in [0.25, 0.3) is 0 Å². The van der Waals surface area contributed by atoms with E-state index in [1.807, 2.05) is 24.3 Å². The number of fused-ring (bicyclic) bond motifs is 8. The van der Waals surface area contributed by atoms with Crippen LogP contribution in [0.15, 0.2) is 222 Å². The average Bonchev–Trinajstić information content (AvgIpc) is 3.80. The zero-order valence-electron chi connectivity index (χ0n) is 36.5. The quantitative estimate of drug-likeness (QED) is 0.181. The lowest BCUT2D eigenvalue weighted by molar-refractivity contribution is 0.359. The largest absolute Gasteiger partial charge is 0.449 e. The van der Waals surface area contributed by atoms with Crippen molar-refractivity contribution in [2.24, 2.45) is 9.98 Å². The van der Waals surface area contributed by atoms with Gasteiger partial charge in [0.15, 0.2) is 28.8 Å². The summed E-state index contributed by atoms with van der Waals surface area (Å²) in [4.78, 5) is 10.4. The van der Waals surface area contributed by atoms with Gasteiger partial charge in [-0.3, -0.25) is 0 Å². The van der Waals surface area contributed by atoms with Crippen molar-refractivity contribution in [1.29, 1.82) is 0 Å². The molecule has 9 aromatic rings. The maximum absolute atomic E-state index is 6.89. The smallest absolute Gasteiger partial charge is 0.170 e. The summed E-state index contributed by atoms with van der Waals surface area (Å²) in [5, 5.41) is 3.74. The van der Waals surface area contributed by atoms with E-state index in [1.165, 1.54) is 50.1 Å². The van der Waals surface area contributed by atoms with Gasteiger partial charge in [0.2, 0.25) is 0 Å².